The zero-order valence-corrected chi connectivity index (χ0v) is 12.6. The van der Waals surface area contributed by atoms with Gasteiger partial charge < -0.3 is 4.74 Å². The normalized spacial score (nSPS) is 11.4. The Balaban J connectivity index is 2.36. The van der Waals surface area contributed by atoms with E-state index in [4.69, 9.17) is 16.3 Å². The molecule has 0 aliphatic heterocycles. The summed E-state index contributed by atoms with van der Waals surface area (Å²) in [6, 6.07) is 3.15. The molecule has 6 heteroatoms. The number of halogens is 1. The van der Waals surface area contributed by atoms with E-state index in [0.717, 1.165) is 5.56 Å². The maximum absolute atomic E-state index is 12.1. The lowest BCUT2D eigenvalue weighted by Gasteiger charge is -2.19. The summed E-state index contributed by atoms with van der Waals surface area (Å²) in [5.41, 5.74) is 1.20. The maximum Gasteiger partial charge on any atom is 0.338 e. The van der Waals surface area contributed by atoms with Crippen molar-refractivity contribution in [2.45, 2.75) is 26.4 Å². The molecule has 0 spiro atoms. The minimum Gasteiger partial charge on any atom is -0.456 e. The first-order chi connectivity index (χ1) is 9.24. The highest BCUT2D eigenvalue weighted by Crippen LogP contribution is 2.22. The van der Waals surface area contributed by atoms with Crippen LogP contribution < -0.4 is 0 Å². The van der Waals surface area contributed by atoms with Crippen molar-refractivity contribution in [3.05, 3.63) is 35.2 Å². The van der Waals surface area contributed by atoms with E-state index in [2.05, 4.69) is 10.1 Å². The molecular weight excluding hydrogens is 278 g/mol. The number of ether oxygens (including phenoxy) is 1. The van der Waals surface area contributed by atoms with E-state index < -0.39 is 11.6 Å². The van der Waals surface area contributed by atoms with Crippen LogP contribution in [0.25, 0.3) is 11.3 Å². The second kappa shape index (κ2) is 5.25. The van der Waals surface area contributed by atoms with Crippen molar-refractivity contribution >= 4 is 17.6 Å². The largest absolute Gasteiger partial charge is 0.456 e. The standard InChI is InChI=1S/C14H16ClN3O2/c1-14(2,3)20-13(19)9-5-11(17-12(15)6-9)10-7-16-18(4)8-10/h5-8H,1-4H3. The van der Waals surface area contributed by atoms with Gasteiger partial charge in [-0.05, 0) is 32.9 Å². The van der Waals surface area contributed by atoms with Crippen LogP contribution in [-0.4, -0.2) is 26.3 Å². The van der Waals surface area contributed by atoms with E-state index in [1.54, 1.807) is 23.1 Å². The molecule has 2 heterocycles. The van der Waals surface area contributed by atoms with Gasteiger partial charge in [-0.1, -0.05) is 11.6 Å². The third kappa shape index (κ3) is 3.57. The summed E-state index contributed by atoms with van der Waals surface area (Å²) in [4.78, 5) is 16.3. The molecule has 5 nitrogen and oxygen atoms in total. The number of aromatic nitrogens is 3. The van der Waals surface area contributed by atoms with E-state index in [9.17, 15) is 4.79 Å². The molecule has 0 amide bonds. The molecule has 106 valence electrons. The van der Waals surface area contributed by atoms with Crippen molar-refractivity contribution in [2.75, 3.05) is 0 Å². The highest BCUT2D eigenvalue weighted by molar-refractivity contribution is 6.29. The fourth-order valence-electron chi connectivity index (χ4n) is 1.65. The van der Waals surface area contributed by atoms with Gasteiger partial charge in [0.05, 0.1) is 17.5 Å². The number of pyridine rings is 1. The van der Waals surface area contributed by atoms with Crippen LogP contribution in [0.5, 0.6) is 0 Å². The fourth-order valence-corrected chi connectivity index (χ4v) is 1.86. The van der Waals surface area contributed by atoms with Gasteiger partial charge in [0.25, 0.3) is 0 Å². The predicted molar refractivity (Wildman–Crippen MR) is 76.6 cm³/mol. The van der Waals surface area contributed by atoms with Crippen LogP contribution in [0.3, 0.4) is 0 Å². The van der Waals surface area contributed by atoms with Gasteiger partial charge in [0, 0.05) is 18.8 Å². The Labute approximate surface area is 122 Å². The quantitative estimate of drug-likeness (QED) is 0.631. The topological polar surface area (TPSA) is 57.0 Å². The second-order valence-electron chi connectivity index (χ2n) is 5.47. The third-order valence-electron chi connectivity index (χ3n) is 2.43. The summed E-state index contributed by atoms with van der Waals surface area (Å²) >= 11 is 5.98. The van der Waals surface area contributed by atoms with Gasteiger partial charge in [-0.15, -0.1) is 0 Å². The molecule has 2 aromatic heterocycles. The van der Waals surface area contributed by atoms with Crippen LogP contribution in [0, 0.1) is 0 Å². The number of aryl methyl sites for hydroxylation is 1. The molecule has 0 fully saturated rings. The Hall–Kier alpha value is -1.88. The van der Waals surface area contributed by atoms with Crippen LogP contribution in [0.1, 0.15) is 31.1 Å². The Morgan fingerprint density at radius 2 is 2.05 bits per heavy atom. The summed E-state index contributed by atoms with van der Waals surface area (Å²) in [6.07, 6.45) is 3.47. The molecule has 0 saturated heterocycles. The molecule has 0 bridgehead atoms. The molecule has 0 aromatic carbocycles. The van der Waals surface area contributed by atoms with Crippen LogP contribution in [0.4, 0.5) is 0 Å². The van der Waals surface area contributed by atoms with Crippen LogP contribution in [0.2, 0.25) is 5.15 Å². The minimum atomic E-state index is -0.554. The Kier molecular flexibility index (Phi) is 3.81. The molecule has 2 rings (SSSR count). The number of carbonyl (C=O) groups is 1. The average Bonchev–Trinajstić information content (AvgIpc) is 2.73. The van der Waals surface area contributed by atoms with Gasteiger partial charge in [0.2, 0.25) is 0 Å². The monoisotopic (exact) mass is 293 g/mol. The van der Waals surface area contributed by atoms with Gasteiger partial charge in [-0.2, -0.15) is 5.10 Å². The molecule has 20 heavy (non-hydrogen) atoms. The molecule has 0 atom stereocenters. The zero-order valence-electron chi connectivity index (χ0n) is 11.8. The number of carbonyl (C=O) groups excluding carboxylic acids is 1. The van der Waals surface area contributed by atoms with Crippen LogP contribution >= 0.6 is 11.6 Å². The van der Waals surface area contributed by atoms with Crippen molar-refractivity contribution < 1.29 is 9.53 Å². The number of rotatable bonds is 2. The minimum absolute atomic E-state index is 0.243. The molecule has 0 N–H and O–H groups in total. The predicted octanol–water partition coefficient (Wildman–Crippen LogP) is 3.09. The Morgan fingerprint density at radius 3 is 2.60 bits per heavy atom. The van der Waals surface area contributed by atoms with E-state index >= 15 is 0 Å². The number of hydrogen-bond donors (Lipinski definition) is 0. The van der Waals surface area contributed by atoms with E-state index in [-0.39, 0.29) is 5.15 Å². The second-order valence-corrected chi connectivity index (χ2v) is 5.86. The molecule has 2 aromatic rings. The van der Waals surface area contributed by atoms with Crippen molar-refractivity contribution in [3.63, 3.8) is 0 Å². The third-order valence-corrected chi connectivity index (χ3v) is 2.62. The first kappa shape index (κ1) is 14.5. The molecule has 0 aliphatic carbocycles. The van der Waals surface area contributed by atoms with Crippen molar-refractivity contribution in [3.8, 4) is 11.3 Å². The van der Waals surface area contributed by atoms with Crippen LogP contribution in [0.15, 0.2) is 24.5 Å². The molecule has 0 unspecified atom stereocenters. The number of esters is 1. The Morgan fingerprint density at radius 1 is 1.35 bits per heavy atom. The summed E-state index contributed by atoms with van der Waals surface area (Å²) < 4.78 is 6.99. The number of hydrogen-bond acceptors (Lipinski definition) is 4. The van der Waals surface area contributed by atoms with Gasteiger partial charge >= 0.3 is 5.97 Å². The molecule has 0 aliphatic rings. The van der Waals surface area contributed by atoms with Gasteiger partial charge in [-0.3, -0.25) is 4.68 Å². The molecule has 0 saturated carbocycles. The lowest BCUT2D eigenvalue weighted by atomic mass is 10.1. The summed E-state index contributed by atoms with van der Waals surface area (Å²) in [6.45, 7) is 5.45. The van der Waals surface area contributed by atoms with Crippen LogP contribution in [-0.2, 0) is 11.8 Å². The summed E-state index contributed by atoms with van der Waals surface area (Å²) in [5.74, 6) is -0.424. The lowest BCUT2D eigenvalue weighted by Crippen LogP contribution is -2.24. The van der Waals surface area contributed by atoms with E-state index in [0.29, 0.717) is 11.3 Å². The van der Waals surface area contributed by atoms with Crippen molar-refractivity contribution in [1.29, 1.82) is 0 Å². The highest BCUT2D eigenvalue weighted by Gasteiger charge is 2.19. The molecule has 0 radical (unpaired) electrons. The maximum atomic E-state index is 12.1. The van der Waals surface area contributed by atoms with E-state index in [1.807, 2.05) is 27.8 Å². The SMILES string of the molecule is Cn1cc(-c2cc(C(=O)OC(C)(C)C)cc(Cl)n2)cn1. The fraction of sp³-hybridized carbons (Fsp3) is 0.357. The highest BCUT2D eigenvalue weighted by atomic mass is 35.5. The summed E-state index contributed by atoms with van der Waals surface area (Å²) in [7, 11) is 1.81. The Bertz CT molecular complexity index is 644. The van der Waals surface area contributed by atoms with Crippen molar-refractivity contribution in [1.82, 2.24) is 14.8 Å². The van der Waals surface area contributed by atoms with Crippen molar-refractivity contribution in [2.24, 2.45) is 7.05 Å². The zero-order chi connectivity index (χ0) is 14.9. The first-order valence-corrected chi connectivity index (χ1v) is 6.52. The van der Waals surface area contributed by atoms with Gasteiger partial charge in [-0.25, -0.2) is 9.78 Å². The average molecular weight is 294 g/mol. The molecular formula is C14H16ClN3O2. The first-order valence-electron chi connectivity index (χ1n) is 6.14. The summed E-state index contributed by atoms with van der Waals surface area (Å²) in [5, 5.41) is 4.32. The smallest absolute Gasteiger partial charge is 0.338 e. The number of nitrogens with zero attached hydrogens (tertiary/aromatic N) is 3. The lowest BCUT2D eigenvalue weighted by molar-refractivity contribution is 0.00694. The van der Waals surface area contributed by atoms with E-state index in [1.165, 1.54) is 6.07 Å². The van der Waals surface area contributed by atoms with Gasteiger partial charge in [0.15, 0.2) is 0 Å². The van der Waals surface area contributed by atoms with Gasteiger partial charge in [0.1, 0.15) is 10.8 Å².